The molecule has 0 fully saturated rings. The van der Waals surface area contributed by atoms with E-state index in [9.17, 15) is 19.6 Å². The third-order valence-corrected chi connectivity index (χ3v) is 6.60. The number of aryl methyl sites for hydroxylation is 1. The fourth-order valence-corrected chi connectivity index (χ4v) is 5.06. The first-order valence-electron chi connectivity index (χ1n) is 11.6. The summed E-state index contributed by atoms with van der Waals surface area (Å²) >= 11 is 1.35. The van der Waals surface area contributed by atoms with E-state index in [2.05, 4.69) is 5.32 Å². The van der Waals surface area contributed by atoms with E-state index >= 15 is 0 Å². The van der Waals surface area contributed by atoms with E-state index in [1.54, 1.807) is 32.0 Å². The molecule has 0 unspecified atom stereocenters. The number of esters is 2. The molecular formula is C26H28N2O7S. The largest absolute Gasteiger partial charge is 0.493 e. The summed E-state index contributed by atoms with van der Waals surface area (Å²) in [6, 6.07) is 6.70. The monoisotopic (exact) mass is 512 g/mol. The Hall–Kier alpha value is -3.84. The van der Waals surface area contributed by atoms with E-state index in [0.29, 0.717) is 27.6 Å². The quantitative estimate of drug-likeness (QED) is 0.284. The first-order valence-corrected chi connectivity index (χ1v) is 12.4. The summed E-state index contributed by atoms with van der Waals surface area (Å²) in [7, 11) is 1.44. The Morgan fingerprint density at radius 3 is 2.56 bits per heavy atom. The molecule has 0 aliphatic heterocycles. The molecule has 0 bridgehead atoms. The summed E-state index contributed by atoms with van der Waals surface area (Å²) in [5, 5.41) is 12.8. The van der Waals surface area contributed by atoms with Crippen LogP contribution in [0.4, 0.5) is 5.00 Å². The van der Waals surface area contributed by atoms with E-state index in [1.165, 1.54) is 24.5 Å². The zero-order chi connectivity index (χ0) is 26.1. The Labute approximate surface area is 213 Å². The average molecular weight is 513 g/mol. The Morgan fingerprint density at radius 1 is 1.11 bits per heavy atom. The molecule has 1 N–H and O–H groups in total. The minimum Gasteiger partial charge on any atom is -0.493 e. The van der Waals surface area contributed by atoms with Crippen molar-refractivity contribution in [2.24, 2.45) is 0 Å². The number of rotatable bonds is 10. The molecule has 2 aromatic rings. The lowest BCUT2D eigenvalue weighted by Crippen LogP contribution is -2.16. The van der Waals surface area contributed by atoms with E-state index in [-0.39, 0.29) is 25.4 Å². The van der Waals surface area contributed by atoms with Crippen molar-refractivity contribution >= 4 is 40.3 Å². The van der Waals surface area contributed by atoms with Crippen LogP contribution in [0.15, 0.2) is 23.8 Å². The van der Waals surface area contributed by atoms with Crippen LogP contribution in [-0.4, -0.2) is 44.8 Å². The number of hydrogen-bond acceptors (Lipinski definition) is 9. The standard InChI is InChI=1S/C26H28N2O7S/c1-4-33-22(29)15-35-19-11-10-16(13-20(19)32-3)12-17(14-27)24(30)28-25-23(26(31)34-5-2)18-8-6-7-9-21(18)36-25/h10-13H,4-9,15H2,1-3H3,(H,28,30). The van der Waals surface area contributed by atoms with Crippen LogP contribution in [0.25, 0.3) is 6.08 Å². The van der Waals surface area contributed by atoms with Crippen molar-refractivity contribution in [1.82, 2.24) is 0 Å². The van der Waals surface area contributed by atoms with Gasteiger partial charge in [0.2, 0.25) is 0 Å². The van der Waals surface area contributed by atoms with Crippen molar-refractivity contribution in [2.45, 2.75) is 39.5 Å². The Balaban J connectivity index is 1.82. The Bertz CT molecular complexity index is 1210. The number of carbonyl (C=O) groups excluding carboxylic acids is 3. The van der Waals surface area contributed by atoms with Crippen molar-refractivity contribution in [3.05, 3.63) is 45.3 Å². The zero-order valence-corrected chi connectivity index (χ0v) is 21.3. The molecule has 9 nitrogen and oxygen atoms in total. The van der Waals surface area contributed by atoms with Gasteiger partial charge in [-0.25, -0.2) is 9.59 Å². The molecule has 1 aliphatic carbocycles. The molecule has 0 atom stereocenters. The molecule has 0 saturated carbocycles. The lowest BCUT2D eigenvalue weighted by molar-refractivity contribution is -0.145. The molecule has 0 saturated heterocycles. The molecule has 10 heteroatoms. The number of carbonyl (C=O) groups is 3. The van der Waals surface area contributed by atoms with Gasteiger partial charge in [-0.05, 0) is 68.9 Å². The molecule has 1 amide bonds. The Kier molecular flexibility index (Phi) is 9.47. The topological polar surface area (TPSA) is 124 Å². The number of ether oxygens (including phenoxy) is 4. The maximum absolute atomic E-state index is 13.0. The van der Waals surface area contributed by atoms with Crippen LogP contribution < -0.4 is 14.8 Å². The number of thiophene rings is 1. The van der Waals surface area contributed by atoms with Crippen LogP contribution in [0.1, 0.15) is 53.1 Å². The summed E-state index contributed by atoms with van der Waals surface area (Å²) in [5.74, 6) is -0.985. The van der Waals surface area contributed by atoms with Gasteiger partial charge in [0.25, 0.3) is 5.91 Å². The second-order valence-corrected chi connectivity index (χ2v) is 8.87. The molecule has 1 aliphatic rings. The minimum atomic E-state index is -0.636. The van der Waals surface area contributed by atoms with Gasteiger partial charge in [0.05, 0.1) is 25.9 Å². The van der Waals surface area contributed by atoms with Gasteiger partial charge in [0, 0.05) is 4.88 Å². The first kappa shape index (κ1) is 26.8. The van der Waals surface area contributed by atoms with Gasteiger partial charge in [0.1, 0.15) is 16.6 Å². The van der Waals surface area contributed by atoms with Crippen molar-refractivity contribution in [2.75, 3.05) is 32.2 Å². The van der Waals surface area contributed by atoms with Gasteiger partial charge in [-0.15, -0.1) is 11.3 Å². The number of fused-ring (bicyclic) bond motifs is 1. The highest BCUT2D eigenvalue weighted by Gasteiger charge is 2.27. The molecule has 0 radical (unpaired) electrons. The van der Waals surface area contributed by atoms with Gasteiger partial charge in [0.15, 0.2) is 18.1 Å². The molecule has 190 valence electrons. The summed E-state index contributed by atoms with van der Waals surface area (Å²) in [6.45, 7) is 3.62. The fraction of sp³-hybridized carbons (Fsp3) is 0.385. The number of nitrogens with zero attached hydrogens (tertiary/aromatic N) is 1. The van der Waals surface area contributed by atoms with Gasteiger partial charge in [-0.1, -0.05) is 6.07 Å². The van der Waals surface area contributed by atoms with E-state index in [0.717, 1.165) is 36.1 Å². The highest BCUT2D eigenvalue weighted by atomic mass is 32.1. The lowest BCUT2D eigenvalue weighted by Gasteiger charge is -2.12. The van der Waals surface area contributed by atoms with Gasteiger partial charge < -0.3 is 24.3 Å². The van der Waals surface area contributed by atoms with Crippen LogP contribution in [0.3, 0.4) is 0 Å². The lowest BCUT2D eigenvalue weighted by atomic mass is 9.95. The number of methoxy groups -OCH3 is 1. The number of hydrogen-bond donors (Lipinski definition) is 1. The maximum Gasteiger partial charge on any atom is 0.344 e. The molecule has 1 heterocycles. The molecule has 3 rings (SSSR count). The van der Waals surface area contributed by atoms with Crippen molar-refractivity contribution in [3.63, 3.8) is 0 Å². The number of amides is 1. The van der Waals surface area contributed by atoms with Crippen LogP contribution in [0.2, 0.25) is 0 Å². The summed E-state index contributed by atoms with van der Waals surface area (Å²) in [4.78, 5) is 38.3. The number of nitriles is 1. The second kappa shape index (κ2) is 12.7. The van der Waals surface area contributed by atoms with Crippen molar-refractivity contribution < 1.29 is 33.3 Å². The summed E-state index contributed by atoms with van der Waals surface area (Å²) in [6.07, 6.45) is 4.99. The highest BCUT2D eigenvalue weighted by Crippen LogP contribution is 2.39. The van der Waals surface area contributed by atoms with Gasteiger partial charge in [-0.3, -0.25) is 4.79 Å². The van der Waals surface area contributed by atoms with Crippen LogP contribution in [-0.2, 0) is 31.9 Å². The van der Waals surface area contributed by atoms with E-state index in [4.69, 9.17) is 18.9 Å². The summed E-state index contributed by atoms with van der Waals surface area (Å²) < 4.78 is 20.8. The molecular weight excluding hydrogens is 484 g/mol. The number of benzene rings is 1. The third kappa shape index (κ3) is 6.43. The molecule has 1 aromatic heterocycles. The number of anilines is 1. The molecule has 1 aromatic carbocycles. The maximum atomic E-state index is 13.0. The zero-order valence-electron chi connectivity index (χ0n) is 20.5. The van der Waals surface area contributed by atoms with Crippen LogP contribution in [0, 0.1) is 11.3 Å². The van der Waals surface area contributed by atoms with Crippen molar-refractivity contribution in [1.29, 1.82) is 5.26 Å². The van der Waals surface area contributed by atoms with E-state index in [1.807, 2.05) is 6.07 Å². The normalized spacial score (nSPS) is 12.7. The SMILES string of the molecule is CCOC(=O)COc1ccc(C=C(C#N)C(=O)Nc2sc3c(c2C(=O)OCC)CCCC3)cc1OC. The fourth-order valence-electron chi connectivity index (χ4n) is 3.79. The minimum absolute atomic E-state index is 0.154. The average Bonchev–Trinajstić information content (AvgIpc) is 3.24. The van der Waals surface area contributed by atoms with Gasteiger partial charge in [-0.2, -0.15) is 5.26 Å². The molecule has 0 spiro atoms. The number of nitrogens with one attached hydrogen (secondary N) is 1. The summed E-state index contributed by atoms with van der Waals surface area (Å²) in [5.41, 5.74) is 1.66. The first-order chi connectivity index (χ1) is 17.4. The molecule has 36 heavy (non-hydrogen) atoms. The predicted octanol–water partition coefficient (Wildman–Crippen LogP) is 4.30. The Morgan fingerprint density at radius 2 is 1.86 bits per heavy atom. The predicted molar refractivity (Wildman–Crippen MR) is 134 cm³/mol. The third-order valence-electron chi connectivity index (χ3n) is 5.39. The van der Waals surface area contributed by atoms with Crippen LogP contribution in [0.5, 0.6) is 11.5 Å². The van der Waals surface area contributed by atoms with Crippen molar-refractivity contribution in [3.8, 4) is 17.6 Å². The van der Waals surface area contributed by atoms with E-state index < -0.39 is 17.8 Å². The second-order valence-electron chi connectivity index (χ2n) is 7.76. The van der Waals surface area contributed by atoms with Gasteiger partial charge >= 0.3 is 11.9 Å². The van der Waals surface area contributed by atoms with Crippen LogP contribution >= 0.6 is 11.3 Å². The highest BCUT2D eigenvalue weighted by molar-refractivity contribution is 7.17. The smallest absolute Gasteiger partial charge is 0.344 e.